The summed E-state index contributed by atoms with van der Waals surface area (Å²) in [4.78, 5) is 23.5. The molecule has 2 heterocycles. The molecule has 1 aromatic heterocycles. The van der Waals surface area contributed by atoms with Gasteiger partial charge in [-0.05, 0) is 13.8 Å². The molecule has 1 fully saturated rings. The van der Waals surface area contributed by atoms with Crippen LogP contribution >= 0.6 is 0 Å². The fourth-order valence-electron chi connectivity index (χ4n) is 1.78. The summed E-state index contributed by atoms with van der Waals surface area (Å²) in [5.41, 5.74) is 0.424. The Morgan fingerprint density at radius 2 is 1.95 bits per heavy atom. The highest BCUT2D eigenvalue weighted by molar-refractivity contribution is 5.93. The quantitative estimate of drug-likeness (QED) is 0.777. The van der Waals surface area contributed by atoms with Crippen molar-refractivity contribution < 1.29 is 19.1 Å². The summed E-state index contributed by atoms with van der Waals surface area (Å²) < 4.78 is 11.4. The zero-order valence-electron chi connectivity index (χ0n) is 11.0. The number of esters is 2. The first kappa shape index (κ1) is 13.5. The smallest absolute Gasteiger partial charge is 0.358 e. The summed E-state index contributed by atoms with van der Waals surface area (Å²) in [5, 5.41) is 7.25. The predicted molar refractivity (Wildman–Crippen MR) is 66.0 cm³/mol. The Kier molecular flexibility index (Phi) is 4.16. The van der Waals surface area contributed by atoms with Gasteiger partial charge >= 0.3 is 11.9 Å². The van der Waals surface area contributed by atoms with Gasteiger partial charge in [0.25, 0.3) is 0 Å². The highest BCUT2D eigenvalue weighted by Crippen LogP contribution is 2.17. The molecule has 104 valence electrons. The first-order chi connectivity index (χ1) is 9.17. The van der Waals surface area contributed by atoms with Gasteiger partial charge in [-0.3, -0.25) is 4.68 Å². The van der Waals surface area contributed by atoms with Gasteiger partial charge in [-0.15, -0.1) is 0 Å². The van der Waals surface area contributed by atoms with Crippen LogP contribution in [0.25, 0.3) is 0 Å². The Labute approximate surface area is 110 Å². The second-order valence-electron chi connectivity index (χ2n) is 4.11. The van der Waals surface area contributed by atoms with Crippen molar-refractivity contribution in [2.75, 3.05) is 26.3 Å². The molecule has 1 N–H and O–H groups in total. The fourth-order valence-corrected chi connectivity index (χ4v) is 1.78. The summed E-state index contributed by atoms with van der Waals surface area (Å²) in [6.07, 6.45) is 0. The van der Waals surface area contributed by atoms with Gasteiger partial charge in [0.15, 0.2) is 5.69 Å². The molecule has 7 nitrogen and oxygen atoms in total. The van der Waals surface area contributed by atoms with E-state index in [9.17, 15) is 9.59 Å². The third-order valence-electron chi connectivity index (χ3n) is 2.81. The maximum atomic E-state index is 11.8. The number of aromatic nitrogens is 2. The van der Waals surface area contributed by atoms with Crippen LogP contribution in [0.4, 0.5) is 0 Å². The Morgan fingerprint density at radius 1 is 1.32 bits per heavy atom. The van der Waals surface area contributed by atoms with Crippen LogP contribution in [0.5, 0.6) is 0 Å². The summed E-state index contributed by atoms with van der Waals surface area (Å²) in [5.74, 6) is -1.00. The van der Waals surface area contributed by atoms with Gasteiger partial charge in [-0.1, -0.05) is 0 Å². The van der Waals surface area contributed by atoms with Crippen molar-refractivity contribution in [1.82, 2.24) is 15.1 Å². The maximum Gasteiger partial charge on any atom is 0.358 e. The molecule has 0 unspecified atom stereocenters. The second-order valence-corrected chi connectivity index (χ2v) is 4.11. The van der Waals surface area contributed by atoms with E-state index in [1.165, 1.54) is 6.07 Å². The lowest BCUT2D eigenvalue weighted by Crippen LogP contribution is -2.44. The molecule has 7 heteroatoms. The van der Waals surface area contributed by atoms with E-state index in [1.54, 1.807) is 18.5 Å². The zero-order chi connectivity index (χ0) is 13.8. The minimum atomic E-state index is -0.529. The lowest BCUT2D eigenvalue weighted by molar-refractivity contribution is 0.0499. The van der Waals surface area contributed by atoms with Crippen LogP contribution in [0.3, 0.4) is 0 Å². The molecule has 1 saturated heterocycles. The average molecular weight is 267 g/mol. The highest BCUT2D eigenvalue weighted by atomic mass is 16.5. The molecule has 0 saturated carbocycles. The molecular formula is C12H17N3O4. The SMILES string of the molecule is CCOC(=O)c1cc(C(=O)OCC)n(C2CNC2)n1. The van der Waals surface area contributed by atoms with Crippen molar-refractivity contribution in [2.24, 2.45) is 0 Å². The fraction of sp³-hybridized carbons (Fsp3) is 0.583. The minimum Gasteiger partial charge on any atom is -0.461 e. The Morgan fingerprint density at radius 3 is 2.47 bits per heavy atom. The van der Waals surface area contributed by atoms with E-state index in [2.05, 4.69) is 10.4 Å². The number of hydrogen-bond acceptors (Lipinski definition) is 6. The molecule has 1 aromatic rings. The lowest BCUT2D eigenvalue weighted by Gasteiger charge is -2.28. The molecule has 0 atom stereocenters. The first-order valence-electron chi connectivity index (χ1n) is 6.31. The van der Waals surface area contributed by atoms with E-state index >= 15 is 0 Å². The zero-order valence-corrected chi connectivity index (χ0v) is 11.0. The topological polar surface area (TPSA) is 82.5 Å². The molecule has 0 aliphatic carbocycles. The number of nitrogens with one attached hydrogen (secondary N) is 1. The van der Waals surface area contributed by atoms with Crippen LogP contribution in [-0.4, -0.2) is 48.0 Å². The second kappa shape index (κ2) is 5.83. The largest absolute Gasteiger partial charge is 0.461 e. The standard InChI is InChI=1S/C12H17N3O4/c1-3-18-11(16)9-5-10(12(17)19-4-2)15(14-9)8-6-13-7-8/h5,8,13H,3-4,6-7H2,1-2H3. The van der Waals surface area contributed by atoms with Gasteiger partial charge in [0.2, 0.25) is 0 Å². The van der Waals surface area contributed by atoms with Crippen molar-refractivity contribution in [3.05, 3.63) is 17.5 Å². The molecular weight excluding hydrogens is 250 g/mol. The van der Waals surface area contributed by atoms with E-state index < -0.39 is 11.9 Å². The number of carbonyl (C=O) groups excluding carboxylic acids is 2. The van der Waals surface area contributed by atoms with E-state index in [-0.39, 0.29) is 30.6 Å². The van der Waals surface area contributed by atoms with Gasteiger partial charge in [0.05, 0.1) is 19.3 Å². The third-order valence-corrected chi connectivity index (χ3v) is 2.81. The van der Waals surface area contributed by atoms with Crippen molar-refractivity contribution in [3.63, 3.8) is 0 Å². The summed E-state index contributed by atoms with van der Waals surface area (Å²) >= 11 is 0. The van der Waals surface area contributed by atoms with Crippen LogP contribution in [-0.2, 0) is 9.47 Å². The number of rotatable bonds is 5. The van der Waals surface area contributed by atoms with Crippen LogP contribution in [0, 0.1) is 0 Å². The summed E-state index contributed by atoms with van der Waals surface area (Å²) in [6.45, 7) is 5.44. The molecule has 0 radical (unpaired) electrons. The van der Waals surface area contributed by atoms with E-state index in [1.807, 2.05) is 0 Å². The van der Waals surface area contributed by atoms with Crippen molar-refractivity contribution in [3.8, 4) is 0 Å². The highest BCUT2D eigenvalue weighted by Gasteiger charge is 2.28. The van der Waals surface area contributed by atoms with Gasteiger partial charge < -0.3 is 14.8 Å². The molecule has 1 aliphatic rings. The van der Waals surface area contributed by atoms with Crippen LogP contribution < -0.4 is 5.32 Å². The van der Waals surface area contributed by atoms with Gasteiger partial charge in [0.1, 0.15) is 5.69 Å². The third kappa shape index (κ3) is 2.76. The van der Waals surface area contributed by atoms with Crippen molar-refractivity contribution >= 4 is 11.9 Å². The van der Waals surface area contributed by atoms with Gasteiger partial charge in [-0.25, -0.2) is 9.59 Å². The summed E-state index contributed by atoms with van der Waals surface area (Å²) in [7, 11) is 0. The Balaban J connectivity index is 2.28. The number of carbonyl (C=O) groups is 2. The normalized spacial score (nSPS) is 14.8. The first-order valence-corrected chi connectivity index (χ1v) is 6.31. The van der Waals surface area contributed by atoms with Crippen molar-refractivity contribution in [2.45, 2.75) is 19.9 Å². The van der Waals surface area contributed by atoms with Crippen molar-refractivity contribution in [1.29, 1.82) is 0 Å². The van der Waals surface area contributed by atoms with E-state index in [4.69, 9.17) is 9.47 Å². The average Bonchev–Trinajstić information content (AvgIpc) is 2.72. The van der Waals surface area contributed by atoms with Gasteiger partial charge in [0, 0.05) is 19.2 Å². The maximum absolute atomic E-state index is 11.8. The predicted octanol–water partition coefficient (Wildman–Crippen LogP) is 0.381. The van der Waals surface area contributed by atoms with E-state index in [0.29, 0.717) is 0 Å². The van der Waals surface area contributed by atoms with Crippen LogP contribution in [0.2, 0.25) is 0 Å². The molecule has 0 spiro atoms. The molecule has 0 bridgehead atoms. The van der Waals surface area contributed by atoms with Gasteiger partial charge in [-0.2, -0.15) is 5.10 Å². The van der Waals surface area contributed by atoms with Crippen LogP contribution in [0.1, 0.15) is 40.9 Å². The number of hydrogen-bond donors (Lipinski definition) is 1. The number of nitrogens with zero attached hydrogens (tertiary/aromatic N) is 2. The van der Waals surface area contributed by atoms with E-state index in [0.717, 1.165) is 13.1 Å². The number of ether oxygens (including phenoxy) is 2. The summed E-state index contributed by atoms with van der Waals surface area (Å²) in [6, 6.07) is 1.50. The molecule has 19 heavy (non-hydrogen) atoms. The monoisotopic (exact) mass is 267 g/mol. The molecule has 0 aromatic carbocycles. The minimum absolute atomic E-state index is 0.0718. The Hall–Kier alpha value is -1.89. The molecule has 1 aliphatic heterocycles. The molecule has 0 amide bonds. The van der Waals surface area contributed by atoms with Crippen LogP contribution in [0.15, 0.2) is 6.07 Å². The lowest BCUT2D eigenvalue weighted by atomic mass is 10.2. The Bertz CT molecular complexity index is 479. The molecule has 2 rings (SSSR count).